The van der Waals surface area contributed by atoms with Gasteiger partial charge in [0.05, 0.1) is 6.61 Å². The highest BCUT2D eigenvalue weighted by atomic mass is 16.5. The summed E-state index contributed by atoms with van der Waals surface area (Å²) in [4.78, 5) is 4.28. The number of nitrogens with one attached hydrogen (secondary N) is 2. The van der Waals surface area contributed by atoms with E-state index in [4.69, 9.17) is 9.47 Å². The lowest BCUT2D eigenvalue weighted by molar-refractivity contribution is 0.0732. The lowest BCUT2D eigenvalue weighted by atomic mass is 9.67. The van der Waals surface area contributed by atoms with E-state index in [-0.39, 0.29) is 0 Å². The minimum Gasteiger partial charge on any atom is -0.385 e. The number of hydrogen-bond donors (Lipinski definition) is 2. The van der Waals surface area contributed by atoms with Gasteiger partial charge in [0.1, 0.15) is 0 Å². The molecule has 0 saturated heterocycles. The van der Waals surface area contributed by atoms with Crippen molar-refractivity contribution in [2.75, 3.05) is 47.1 Å². The van der Waals surface area contributed by atoms with Crippen LogP contribution in [0.4, 0.5) is 0 Å². The maximum absolute atomic E-state index is 5.61. The van der Waals surface area contributed by atoms with Crippen molar-refractivity contribution in [3.05, 3.63) is 0 Å². The second kappa shape index (κ2) is 10.8. The van der Waals surface area contributed by atoms with Gasteiger partial charge in [0, 0.05) is 40.5 Å². The molecule has 130 valence electrons. The fourth-order valence-electron chi connectivity index (χ4n) is 2.67. The number of aliphatic imine (C=N–C) groups is 1. The van der Waals surface area contributed by atoms with Crippen LogP contribution >= 0.6 is 0 Å². The van der Waals surface area contributed by atoms with Crippen molar-refractivity contribution in [2.24, 2.45) is 16.3 Å². The first-order valence-electron chi connectivity index (χ1n) is 8.63. The average Bonchev–Trinajstić information content (AvgIpc) is 2.46. The normalized spacial score (nSPS) is 17.4. The van der Waals surface area contributed by atoms with Gasteiger partial charge in [-0.1, -0.05) is 20.3 Å². The molecule has 1 rings (SSSR count). The van der Waals surface area contributed by atoms with Crippen LogP contribution in [0.15, 0.2) is 4.99 Å². The summed E-state index contributed by atoms with van der Waals surface area (Å²) in [5, 5.41) is 6.78. The van der Waals surface area contributed by atoms with E-state index in [9.17, 15) is 0 Å². The standard InChI is InChI=1S/C17H35N3O2/c1-15(2)6-11-22-13-10-19-16(18-3)20-14-17(7-5-8-17)9-12-21-4/h15H,5-14H2,1-4H3,(H2,18,19,20). The van der Waals surface area contributed by atoms with Crippen LogP contribution in [0.2, 0.25) is 0 Å². The Morgan fingerprint density at radius 2 is 1.95 bits per heavy atom. The van der Waals surface area contributed by atoms with Gasteiger partial charge >= 0.3 is 0 Å². The second-order valence-electron chi connectivity index (χ2n) is 6.74. The summed E-state index contributed by atoms with van der Waals surface area (Å²) in [7, 11) is 3.59. The highest BCUT2D eigenvalue weighted by molar-refractivity contribution is 5.79. The van der Waals surface area contributed by atoms with Crippen LogP contribution in [0, 0.1) is 11.3 Å². The van der Waals surface area contributed by atoms with Gasteiger partial charge in [-0.05, 0) is 37.0 Å². The third kappa shape index (κ3) is 7.45. The van der Waals surface area contributed by atoms with Gasteiger partial charge in [-0.25, -0.2) is 0 Å². The minimum atomic E-state index is 0.404. The molecular formula is C17H35N3O2. The molecule has 0 aromatic heterocycles. The van der Waals surface area contributed by atoms with Crippen molar-refractivity contribution in [3.63, 3.8) is 0 Å². The number of nitrogens with zero attached hydrogens (tertiary/aromatic N) is 1. The van der Waals surface area contributed by atoms with E-state index in [0.29, 0.717) is 11.3 Å². The van der Waals surface area contributed by atoms with Gasteiger partial charge in [-0.2, -0.15) is 0 Å². The van der Waals surface area contributed by atoms with Crippen LogP contribution in [0.25, 0.3) is 0 Å². The van der Waals surface area contributed by atoms with E-state index in [1.54, 1.807) is 7.11 Å². The lowest BCUT2D eigenvalue weighted by Gasteiger charge is -2.42. The van der Waals surface area contributed by atoms with Crippen molar-refractivity contribution in [1.82, 2.24) is 10.6 Å². The average molecular weight is 313 g/mol. The Morgan fingerprint density at radius 3 is 2.50 bits per heavy atom. The summed E-state index contributed by atoms with van der Waals surface area (Å²) < 4.78 is 10.8. The van der Waals surface area contributed by atoms with Crippen LogP contribution in [0.5, 0.6) is 0 Å². The van der Waals surface area contributed by atoms with Crippen LogP contribution in [-0.4, -0.2) is 53.0 Å². The van der Waals surface area contributed by atoms with Crippen molar-refractivity contribution >= 4 is 5.96 Å². The molecule has 0 aliphatic heterocycles. The predicted octanol–water partition coefficient (Wildman–Crippen LogP) is 2.42. The minimum absolute atomic E-state index is 0.404. The van der Waals surface area contributed by atoms with Crippen LogP contribution in [0.3, 0.4) is 0 Å². The topological polar surface area (TPSA) is 54.9 Å². The van der Waals surface area contributed by atoms with E-state index >= 15 is 0 Å². The smallest absolute Gasteiger partial charge is 0.191 e. The summed E-state index contributed by atoms with van der Waals surface area (Å²) in [6.07, 6.45) is 6.17. The molecule has 0 radical (unpaired) electrons. The molecule has 22 heavy (non-hydrogen) atoms. The Bertz CT molecular complexity index is 315. The molecule has 0 amide bonds. The van der Waals surface area contributed by atoms with Crippen molar-refractivity contribution in [3.8, 4) is 0 Å². The zero-order valence-corrected chi connectivity index (χ0v) is 14.9. The molecule has 5 nitrogen and oxygen atoms in total. The molecule has 1 fully saturated rings. The molecule has 0 unspecified atom stereocenters. The number of methoxy groups -OCH3 is 1. The largest absolute Gasteiger partial charge is 0.385 e. The lowest BCUT2D eigenvalue weighted by Crippen LogP contribution is -2.47. The molecular weight excluding hydrogens is 278 g/mol. The Labute approximate surface area is 136 Å². The van der Waals surface area contributed by atoms with Gasteiger partial charge in [-0.3, -0.25) is 4.99 Å². The summed E-state index contributed by atoms with van der Waals surface area (Å²) in [5.74, 6) is 1.57. The molecule has 0 heterocycles. The van der Waals surface area contributed by atoms with E-state index in [1.807, 2.05) is 7.05 Å². The van der Waals surface area contributed by atoms with Crippen molar-refractivity contribution in [2.45, 2.75) is 46.0 Å². The molecule has 1 aliphatic carbocycles. The second-order valence-corrected chi connectivity index (χ2v) is 6.74. The van der Waals surface area contributed by atoms with Crippen LogP contribution in [-0.2, 0) is 9.47 Å². The van der Waals surface area contributed by atoms with Crippen LogP contribution in [0.1, 0.15) is 46.0 Å². The maximum atomic E-state index is 5.61. The van der Waals surface area contributed by atoms with Crippen molar-refractivity contribution in [1.29, 1.82) is 0 Å². The third-order valence-corrected chi connectivity index (χ3v) is 4.48. The highest BCUT2D eigenvalue weighted by Crippen LogP contribution is 2.43. The van der Waals surface area contributed by atoms with E-state index in [1.165, 1.54) is 19.3 Å². The van der Waals surface area contributed by atoms with E-state index < -0.39 is 0 Å². The van der Waals surface area contributed by atoms with E-state index in [2.05, 4.69) is 29.5 Å². The van der Waals surface area contributed by atoms with Gasteiger partial charge in [0.2, 0.25) is 0 Å². The summed E-state index contributed by atoms with van der Waals surface area (Å²) >= 11 is 0. The zero-order valence-electron chi connectivity index (χ0n) is 14.9. The third-order valence-electron chi connectivity index (χ3n) is 4.48. The van der Waals surface area contributed by atoms with Gasteiger partial charge in [-0.15, -0.1) is 0 Å². The first-order valence-corrected chi connectivity index (χ1v) is 8.63. The van der Waals surface area contributed by atoms with Crippen LogP contribution < -0.4 is 10.6 Å². The summed E-state index contributed by atoms with van der Waals surface area (Å²) in [6, 6.07) is 0. The fourth-order valence-corrected chi connectivity index (χ4v) is 2.67. The number of guanidine groups is 1. The molecule has 0 aromatic rings. The number of hydrogen-bond acceptors (Lipinski definition) is 3. The van der Waals surface area contributed by atoms with Gasteiger partial charge in [0.15, 0.2) is 5.96 Å². The summed E-state index contributed by atoms with van der Waals surface area (Å²) in [6.45, 7) is 8.61. The molecule has 0 atom stereocenters. The molecule has 0 spiro atoms. The monoisotopic (exact) mass is 313 g/mol. The Kier molecular flexibility index (Phi) is 9.48. The quantitative estimate of drug-likeness (QED) is 0.349. The first-order chi connectivity index (χ1) is 10.6. The van der Waals surface area contributed by atoms with Gasteiger partial charge < -0.3 is 20.1 Å². The molecule has 1 saturated carbocycles. The first kappa shape index (κ1) is 19.2. The molecule has 5 heteroatoms. The highest BCUT2D eigenvalue weighted by Gasteiger charge is 2.36. The molecule has 1 aliphatic rings. The Hall–Kier alpha value is -0.810. The molecule has 0 aromatic carbocycles. The van der Waals surface area contributed by atoms with Gasteiger partial charge in [0.25, 0.3) is 0 Å². The maximum Gasteiger partial charge on any atom is 0.191 e. The SMILES string of the molecule is CN=C(NCCOCCC(C)C)NCC1(CCOC)CCC1. The molecule has 2 N–H and O–H groups in total. The summed E-state index contributed by atoms with van der Waals surface area (Å²) in [5.41, 5.74) is 0.404. The Morgan fingerprint density at radius 1 is 1.18 bits per heavy atom. The molecule has 0 bridgehead atoms. The number of ether oxygens (including phenoxy) is 2. The predicted molar refractivity (Wildman–Crippen MR) is 92.4 cm³/mol. The van der Waals surface area contributed by atoms with E-state index in [0.717, 1.165) is 51.7 Å². The fraction of sp³-hybridized carbons (Fsp3) is 0.941. The zero-order chi connectivity index (χ0) is 16.3. The number of rotatable bonds is 11. The Balaban J connectivity index is 2.14. The van der Waals surface area contributed by atoms with Crippen molar-refractivity contribution < 1.29 is 9.47 Å².